The van der Waals surface area contributed by atoms with Crippen molar-refractivity contribution in [3.8, 4) is 55.9 Å². The molecule has 336 valence electrons. The molecule has 0 atom stereocenters. The van der Waals surface area contributed by atoms with Gasteiger partial charge in [0, 0.05) is 50.0 Å². The van der Waals surface area contributed by atoms with E-state index in [2.05, 4.69) is 214 Å². The van der Waals surface area contributed by atoms with Gasteiger partial charge in [-0.25, -0.2) is 8.78 Å². The summed E-state index contributed by atoms with van der Waals surface area (Å²) in [4.78, 5) is 2.28. The molecule has 0 aliphatic carbocycles. The lowest BCUT2D eigenvalue weighted by molar-refractivity contribution is 0.627. The van der Waals surface area contributed by atoms with Gasteiger partial charge in [0.05, 0.1) is 22.1 Å². The Hall–Kier alpha value is -9.32. The number of benzene rings is 11. The summed E-state index contributed by atoms with van der Waals surface area (Å²) in [5.74, 6) is -0.521. The van der Waals surface area contributed by atoms with Crippen LogP contribution < -0.4 is 4.90 Å². The predicted octanol–water partition coefficient (Wildman–Crippen LogP) is 18.3. The largest absolute Gasteiger partial charge is 0.311 e. The molecule has 13 rings (SSSR count). The van der Waals surface area contributed by atoms with Crippen molar-refractivity contribution in [3.63, 3.8) is 0 Å². The van der Waals surface area contributed by atoms with Gasteiger partial charge in [0.2, 0.25) is 0 Å². The normalized spacial score (nSPS) is 11.5. The Bertz CT molecular complexity index is 3860. The first-order valence-corrected chi connectivity index (χ1v) is 23.9. The summed E-state index contributed by atoms with van der Waals surface area (Å²) in [7, 11) is 0. The average molecular weight is 916 g/mol. The van der Waals surface area contributed by atoms with Crippen LogP contribution in [0.5, 0.6) is 0 Å². The second-order valence-corrected chi connectivity index (χ2v) is 18.1. The van der Waals surface area contributed by atoms with E-state index in [4.69, 9.17) is 0 Å². The lowest BCUT2D eigenvalue weighted by atomic mass is 9.91. The third-order valence-electron chi connectivity index (χ3n) is 13.8. The molecule has 0 saturated heterocycles. The second-order valence-electron chi connectivity index (χ2n) is 18.1. The summed E-state index contributed by atoms with van der Waals surface area (Å²) in [6.45, 7) is 0. The molecule has 0 radical (unpaired) electrons. The molecule has 2 heterocycles. The van der Waals surface area contributed by atoms with Crippen LogP contribution in [-0.2, 0) is 0 Å². The van der Waals surface area contributed by atoms with Crippen molar-refractivity contribution in [3.05, 3.63) is 272 Å². The number of hydrogen-bond donors (Lipinski definition) is 0. The van der Waals surface area contributed by atoms with E-state index in [0.29, 0.717) is 0 Å². The molecular weight excluding hydrogens is 873 g/mol. The van der Waals surface area contributed by atoms with Crippen LogP contribution in [0.1, 0.15) is 0 Å². The van der Waals surface area contributed by atoms with Crippen molar-refractivity contribution in [2.45, 2.75) is 0 Å². The van der Waals surface area contributed by atoms with Crippen LogP contribution in [0.15, 0.2) is 261 Å². The summed E-state index contributed by atoms with van der Waals surface area (Å²) >= 11 is 0. The fourth-order valence-corrected chi connectivity index (χ4v) is 10.4. The van der Waals surface area contributed by atoms with E-state index in [1.165, 1.54) is 24.3 Å². The Kier molecular flexibility index (Phi) is 10.2. The highest BCUT2D eigenvalue weighted by atomic mass is 19.1. The van der Waals surface area contributed by atoms with Gasteiger partial charge in [-0.3, -0.25) is 0 Å². The van der Waals surface area contributed by atoms with Gasteiger partial charge >= 0.3 is 0 Å². The monoisotopic (exact) mass is 915 g/mol. The van der Waals surface area contributed by atoms with Gasteiger partial charge in [0.1, 0.15) is 11.6 Å². The van der Waals surface area contributed by atoms with Gasteiger partial charge < -0.3 is 14.0 Å². The van der Waals surface area contributed by atoms with E-state index in [1.807, 2.05) is 36.4 Å². The summed E-state index contributed by atoms with van der Waals surface area (Å²) in [5.41, 5.74) is 18.2. The molecule has 13 aromatic rings. The first-order valence-electron chi connectivity index (χ1n) is 23.9. The molecule has 0 saturated carbocycles. The third kappa shape index (κ3) is 7.52. The van der Waals surface area contributed by atoms with Gasteiger partial charge in [-0.15, -0.1) is 0 Å². The van der Waals surface area contributed by atoms with Crippen LogP contribution in [0.4, 0.5) is 25.8 Å². The van der Waals surface area contributed by atoms with Crippen LogP contribution in [-0.4, -0.2) is 9.13 Å². The number of para-hydroxylation sites is 4. The number of rotatable bonds is 9. The molecule has 0 fully saturated rings. The van der Waals surface area contributed by atoms with Crippen LogP contribution >= 0.6 is 0 Å². The number of nitrogens with zero attached hydrogens (tertiary/aromatic N) is 3. The highest BCUT2D eigenvalue weighted by Gasteiger charge is 2.18. The summed E-state index contributed by atoms with van der Waals surface area (Å²) in [6, 6.07) is 89.2. The number of anilines is 3. The second kappa shape index (κ2) is 17.3. The van der Waals surface area contributed by atoms with Gasteiger partial charge in [0.15, 0.2) is 0 Å². The first-order chi connectivity index (χ1) is 35.0. The van der Waals surface area contributed by atoms with Crippen LogP contribution in [0, 0.1) is 11.6 Å². The number of hydrogen-bond acceptors (Lipinski definition) is 1. The maximum Gasteiger partial charge on any atom is 0.123 e. The molecule has 0 unspecified atom stereocenters. The molecule has 0 aliphatic rings. The molecule has 0 spiro atoms. The molecular formula is C66H43F2N3. The Morgan fingerprint density at radius 3 is 1.00 bits per heavy atom. The maximum absolute atomic E-state index is 14.1. The van der Waals surface area contributed by atoms with Crippen molar-refractivity contribution in [2.75, 3.05) is 4.90 Å². The van der Waals surface area contributed by atoms with Crippen molar-refractivity contribution in [1.29, 1.82) is 0 Å². The Morgan fingerprint density at radius 2 is 0.563 bits per heavy atom. The van der Waals surface area contributed by atoms with Gasteiger partial charge in [0.25, 0.3) is 0 Å². The number of aromatic nitrogens is 2. The SMILES string of the molecule is Fc1ccc(-n2c3ccccc3c3cc(-c4cc(-c5ccc(-c6ccc(N(c7ccccc7)c7ccccc7)cc6)cc5)cc(-c5ccc6c(c5)c5ccccc5n6-c5ccc(F)cc5)c4)ccc32)cc1. The zero-order valence-electron chi connectivity index (χ0n) is 38.4. The Balaban J connectivity index is 0.927. The zero-order valence-corrected chi connectivity index (χ0v) is 38.4. The highest BCUT2D eigenvalue weighted by Crippen LogP contribution is 2.41. The van der Waals surface area contributed by atoms with E-state index in [1.54, 1.807) is 0 Å². The molecule has 0 amide bonds. The van der Waals surface area contributed by atoms with Crippen molar-refractivity contribution < 1.29 is 8.78 Å². The molecule has 3 nitrogen and oxygen atoms in total. The summed E-state index contributed by atoms with van der Waals surface area (Å²) in [6.07, 6.45) is 0. The van der Waals surface area contributed by atoms with E-state index >= 15 is 0 Å². The van der Waals surface area contributed by atoms with Crippen LogP contribution in [0.3, 0.4) is 0 Å². The standard InChI is InChI=1S/C66H43F2N3/c67-52-27-33-57(34-28-52)70-63-17-9-7-15-59(63)61-42-47(25-37-65(61)70)50-39-49(40-51(41-50)48-26-38-66-62(43-48)60-16-8-10-18-64(60)71(66)58-35-29-53(68)30-36-58)46-21-19-44(20-22-46)45-23-31-56(32-24-45)69(54-11-3-1-4-12-54)55-13-5-2-6-14-55/h1-43H. The number of halogens is 2. The van der Waals surface area contributed by atoms with Crippen molar-refractivity contribution in [2.24, 2.45) is 0 Å². The molecule has 0 aliphatic heterocycles. The molecule has 0 N–H and O–H groups in total. The van der Waals surface area contributed by atoms with Crippen LogP contribution in [0.2, 0.25) is 0 Å². The van der Waals surface area contributed by atoms with E-state index in [-0.39, 0.29) is 11.6 Å². The minimum atomic E-state index is -0.260. The fourth-order valence-electron chi connectivity index (χ4n) is 10.4. The van der Waals surface area contributed by atoms with Gasteiger partial charge in [-0.2, -0.15) is 0 Å². The minimum absolute atomic E-state index is 0.260. The van der Waals surface area contributed by atoms with E-state index in [0.717, 1.165) is 117 Å². The lowest BCUT2D eigenvalue weighted by Crippen LogP contribution is -2.09. The molecule has 5 heteroatoms. The smallest absolute Gasteiger partial charge is 0.123 e. The van der Waals surface area contributed by atoms with Crippen LogP contribution in [0.25, 0.3) is 99.5 Å². The van der Waals surface area contributed by atoms with Crippen molar-refractivity contribution in [1.82, 2.24) is 9.13 Å². The highest BCUT2D eigenvalue weighted by molar-refractivity contribution is 6.12. The Morgan fingerprint density at radius 1 is 0.239 bits per heavy atom. The summed E-state index contributed by atoms with van der Waals surface area (Å²) in [5, 5.41) is 4.50. The minimum Gasteiger partial charge on any atom is -0.311 e. The maximum atomic E-state index is 14.1. The number of fused-ring (bicyclic) bond motifs is 6. The summed E-state index contributed by atoms with van der Waals surface area (Å²) < 4.78 is 32.7. The lowest BCUT2D eigenvalue weighted by Gasteiger charge is -2.25. The van der Waals surface area contributed by atoms with Crippen molar-refractivity contribution >= 4 is 60.7 Å². The fraction of sp³-hybridized carbons (Fsp3) is 0. The first kappa shape index (κ1) is 41.8. The molecule has 2 aromatic heterocycles. The molecule has 11 aromatic carbocycles. The quantitative estimate of drug-likeness (QED) is 0.141. The molecule has 0 bridgehead atoms. The average Bonchev–Trinajstić information content (AvgIpc) is 3.94. The van der Waals surface area contributed by atoms with E-state index < -0.39 is 0 Å². The predicted molar refractivity (Wildman–Crippen MR) is 291 cm³/mol. The molecule has 71 heavy (non-hydrogen) atoms. The van der Waals surface area contributed by atoms with Gasteiger partial charge in [-0.1, -0.05) is 121 Å². The Labute approximate surface area is 410 Å². The zero-order chi connectivity index (χ0) is 47.4. The topological polar surface area (TPSA) is 13.1 Å². The third-order valence-corrected chi connectivity index (χ3v) is 13.8. The van der Waals surface area contributed by atoms with E-state index in [9.17, 15) is 8.78 Å². The van der Waals surface area contributed by atoms with Gasteiger partial charge in [-0.05, 0) is 184 Å².